The van der Waals surface area contributed by atoms with Crippen molar-refractivity contribution in [2.75, 3.05) is 6.54 Å². The normalized spacial score (nSPS) is 18.5. The smallest absolute Gasteiger partial charge is 0.335 e. The predicted octanol–water partition coefficient (Wildman–Crippen LogP) is 1.78. The maximum Gasteiger partial charge on any atom is 0.335 e. The van der Waals surface area contributed by atoms with Crippen LogP contribution in [0.15, 0.2) is 48.5 Å². The molecule has 1 heterocycles. The number of aromatic carboxylic acids is 1. The fraction of sp³-hybridized carbons (Fsp3) is 0.238. The predicted molar refractivity (Wildman–Crippen MR) is 104 cm³/mol. The molecule has 1 unspecified atom stereocenters. The number of carboxylic acids is 1. The number of hydrogen-bond acceptors (Lipinski definition) is 4. The summed E-state index contributed by atoms with van der Waals surface area (Å²) in [7, 11) is 0. The highest BCUT2D eigenvalue weighted by atomic mass is 16.4. The van der Waals surface area contributed by atoms with Crippen molar-refractivity contribution in [1.29, 1.82) is 0 Å². The number of imide groups is 1. The fourth-order valence-electron chi connectivity index (χ4n) is 3.09. The zero-order valence-electron chi connectivity index (χ0n) is 16.1. The standard InChI is InChI=1S/C21H21N3O5/c1-13-3-9-16(10-4-13)21(2)19(28)24(20(29)23-21)12-17(25)22-11-14-5-7-15(8-6-14)18(26)27/h3-10H,11-12H2,1-2H3,(H,22,25)(H,23,29)(H,26,27). The number of carbonyl (C=O) groups is 4. The first kappa shape index (κ1) is 20.1. The number of carboxylic acid groups (broad SMARTS) is 1. The minimum Gasteiger partial charge on any atom is -0.478 e. The molecule has 2 aromatic carbocycles. The lowest BCUT2D eigenvalue weighted by Gasteiger charge is -2.22. The Balaban J connectivity index is 1.62. The molecule has 1 aliphatic rings. The maximum atomic E-state index is 12.8. The van der Waals surface area contributed by atoms with Crippen LogP contribution in [0.5, 0.6) is 0 Å². The molecule has 0 bridgehead atoms. The average Bonchev–Trinajstić information content (AvgIpc) is 2.91. The van der Waals surface area contributed by atoms with Crippen LogP contribution < -0.4 is 10.6 Å². The van der Waals surface area contributed by atoms with E-state index in [1.54, 1.807) is 31.2 Å². The van der Waals surface area contributed by atoms with Gasteiger partial charge in [0.25, 0.3) is 5.91 Å². The minimum atomic E-state index is -1.22. The van der Waals surface area contributed by atoms with Gasteiger partial charge in [0, 0.05) is 6.54 Å². The van der Waals surface area contributed by atoms with Crippen LogP contribution in [-0.4, -0.2) is 40.4 Å². The first-order chi connectivity index (χ1) is 13.7. The molecule has 2 aromatic rings. The second kappa shape index (κ2) is 7.75. The summed E-state index contributed by atoms with van der Waals surface area (Å²) in [4.78, 5) is 49.2. The van der Waals surface area contributed by atoms with E-state index in [1.165, 1.54) is 12.1 Å². The third-order valence-corrected chi connectivity index (χ3v) is 4.90. The molecule has 4 amide bonds. The van der Waals surface area contributed by atoms with Crippen LogP contribution in [0.2, 0.25) is 0 Å². The Kier molecular flexibility index (Phi) is 5.36. The number of amides is 4. The van der Waals surface area contributed by atoms with Crippen LogP contribution >= 0.6 is 0 Å². The lowest BCUT2D eigenvalue weighted by molar-refractivity contribution is -0.134. The van der Waals surface area contributed by atoms with Crippen molar-refractivity contribution in [3.05, 3.63) is 70.8 Å². The van der Waals surface area contributed by atoms with E-state index in [0.717, 1.165) is 10.5 Å². The van der Waals surface area contributed by atoms with Gasteiger partial charge in [-0.25, -0.2) is 9.59 Å². The van der Waals surface area contributed by atoms with E-state index >= 15 is 0 Å². The molecule has 0 saturated carbocycles. The Morgan fingerprint density at radius 2 is 1.69 bits per heavy atom. The first-order valence-electron chi connectivity index (χ1n) is 9.01. The summed E-state index contributed by atoms with van der Waals surface area (Å²) in [6.07, 6.45) is 0. The van der Waals surface area contributed by atoms with Crippen LogP contribution in [0.25, 0.3) is 0 Å². The summed E-state index contributed by atoms with van der Waals surface area (Å²) in [5.41, 5.74) is 1.29. The third-order valence-electron chi connectivity index (χ3n) is 4.90. The number of benzene rings is 2. The van der Waals surface area contributed by atoms with Crippen LogP contribution in [0.1, 0.15) is 34.0 Å². The third kappa shape index (κ3) is 4.11. The van der Waals surface area contributed by atoms with Crippen molar-refractivity contribution >= 4 is 23.8 Å². The van der Waals surface area contributed by atoms with E-state index in [9.17, 15) is 19.2 Å². The molecule has 3 rings (SSSR count). The van der Waals surface area contributed by atoms with Gasteiger partial charge in [-0.3, -0.25) is 14.5 Å². The van der Waals surface area contributed by atoms with Crippen LogP contribution in [0.4, 0.5) is 4.79 Å². The molecule has 1 saturated heterocycles. The van der Waals surface area contributed by atoms with Gasteiger partial charge in [0.05, 0.1) is 5.56 Å². The van der Waals surface area contributed by atoms with E-state index in [-0.39, 0.29) is 12.1 Å². The molecule has 1 aliphatic heterocycles. The van der Waals surface area contributed by atoms with E-state index in [2.05, 4.69) is 10.6 Å². The molecule has 0 aliphatic carbocycles. The lowest BCUT2D eigenvalue weighted by Crippen LogP contribution is -2.43. The molecule has 1 fully saturated rings. The maximum absolute atomic E-state index is 12.8. The number of rotatable bonds is 6. The van der Waals surface area contributed by atoms with E-state index < -0.39 is 35.9 Å². The Hall–Kier alpha value is -3.68. The molecule has 0 radical (unpaired) electrons. The molecule has 8 heteroatoms. The molecular weight excluding hydrogens is 374 g/mol. The van der Waals surface area contributed by atoms with E-state index in [0.29, 0.717) is 11.1 Å². The van der Waals surface area contributed by atoms with Crippen molar-refractivity contribution in [3.8, 4) is 0 Å². The van der Waals surface area contributed by atoms with Crippen LogP contribution in [-0.2, 0) is 21.7 Å². The van der Waals surface area contributed by atoms with Crippen LogP contribution in [0.3, 0.4) is 0 Å². The van der Waals surface area contributed by atoms with Gasteiger partial charge in [-0.1, -0.05) is 42.0 Å². The zero-order chi connectivity index (χ0) is 21.2. The Morgan fingerprint density at radius 3 is 2.28 bits per heavy atom. The molecule has 0 spiro atoms. The van der Waals surface area contributed by atoms with E-state index in [4.69, 9.17) is 5.11 Å². The van der Waals surface area contributed by atoms with Gasteiger partial charge in [-0.05, 0) is 37.1 Å². The van der Waals surface area contributed by atoms with Gasteiger partial charge in [-0.2, -0.15) is 0 Å². The quantitative estimate of drug-likeness (QED) is 0.645. The van der Waals surface area contributed by atoms with Crippen molar-refractivity contribution in [2.45, 2.75) is 25.9 Å². The van der Waals surface area contributed by atoms with Gasteiger partial charge in [0.2, 0.25) is 5.91 Å². The largest absolute Gasteiger partial charge is 0.478 e. The zero-order valence-corrected chi connectivity index (χ0v) is 16.1. The molecule has 150 valence electrons. The van der Waals surface area contributed by atoms with E-state index in [1.807, 2.05) is 19.1 Å². The highest BCUT2D eigenvalue weighted by Gasteiger charge is 2.49. The molecule has 29 heavy (non-hydrogen) atoms. The number of nitrogens with one attached hydrogen (secondary N) is 2. The highest BCUT2D eigenvalue weighted by molar-refractivity contribution is 6.09. The summed E-state index contributed by atoms with van der Waals surface area (Å²) in [6, 6.07) is 12.7. The molecule has 8 nitrogen and oxygen atoms in total. The number of nitrogens with zero attached hydrogens (tertiary/aromatic N) is 1. The van der Waals surface area contributed by atoms with Crippen molar-refractivity contribution < 1.29 is 24.3 Å². The Bertz CT molecular complexity index is 969. The Labute approximate surface area is 167 Å². The second-order valence-electron chi connectivity index (χ2n) is 7.09. The summed E-state index contributed by atoms with van der Waals surface area (Å²) in [5, 5.41) is 14.2. The van der Waals surface area contributed by atoms with Crippen molar-refractivity contribution in [3.63, 3.8) is 0 Å². The van der Waals surface area contributed by atoms with Gasteiger partial charge in [0.15, 0.2) is 0 Å². The number of aryl methyl sites for hydroxylation is 1. The van der Waals surface area contributed by atoms with Gasteiger partial charge in [-0.15, -0.1) is 0 Å². The monoisotopic (exact) mass is 395 g/mol. The van der Waals surface area contributed by atoms with Gasteiger partial charge >= 0.3 is 12.0 Å². The van der Waals surface area contributed by atoms with Gasteiger partial charge in [0.1, 0.15) is 12.1 Å². The number of carbonyl (C=O) groups excluding carboxylic acids is 3. The number of urea groups is 1. The average molecular weight is 395 g/mol. The molecule has 0 aromatic heterocycles. The van der Waals surface area contributed by atoms with Crippen molar-refractivity contribution in [1.82, 2.24) is 15.5 Å². The summed E-state index contributed by atoms with van der Waals surface area (Å²) in [6.45, 7) is 3.28. The Morgan fingerprint density at radius 1 is 1.07 bits per heavy atom. The topological polar surface area (TPSA) is 116 Å². The molecule has 1 atom stereocenters. The highest BCUT2D eigenvalue weighted by Crippen LogP contribution is 2.28. The first-order valence-corrected chi connectivity index (χ1v) is 9.01. The lowest BCUT2D eigenvalue weighted by atomic mass is 9.91. The SMILES string of the molecule is Cc1ccc(C2(C)NC(=O)N(CC(=O)NCc3ccc(C(=O)O)cc3)C2=O)cc1. The molecular formula is C21H21N3O5. The summed E-state index contributed by atoms with van der Waals surface area (Å²) < 4.78 is 0. The second-order valence-corrected chi connectivity index (χ2v) is 7.09. The molecule has 3 N–H and O–H groups in total. The summed E-state index contributed by atoms with van der Waals surface area (Å²) in [5.74, 6) is -2.02. The fourth-order valence-corrected chi connectivity index (χ4v) is 3.09. The van der Waals surface area contributed by atoms with Crippen LogP contribution in [0, 0.1) is 6.92 Å². The van der Waals surface area contributed by atoms with Crippen molar-refractivity contribution in [2.24, 2.45) is 0 Å². The van der Waals surface area contributed by atoms with Gasteiger partial charge < -0.3 is 15.7 Å². The summed E-state index contributed by atoms with van der Waals surface area (Å²) >= 11 is 0. The minimum absolute atomic E-state index is 0.148. The number of hydrogen-bond donors (Lipinski definition) is 3.